The highest BCUT2D eigenvalue weighted by atomic mass is 16.5. The standard InChI is InChI=1S/C29H30N6O4/c36-28(32-20-3-1-2-4-20)26-8-6-21(16-31-26)33-29(37)27-24-14-18(5-7-25(24)34-35-27)19-13-23(17-30-15-19)39-22-9-11-38-12-10-22/h5-8,13-17,20,22H,1-4,9-12H2,(H,32,36)(H,33,37)(H,34,35). The molecule has 3 N–H and O–H groups in total. The number of hydrogen-bond donors (Lipinski definition) is 3. The SMILES string of the molecule is O=C(NC1CCCC1)c1ccc(NC(=O)c2n[nH]c3ccc(-c4cncc(OC5CCOCC5)c4)cc23)cn1. The Balaban J connectivity index is 1.16. The lowest BCUT2D eigenvalue weighted by molar-refractivity contribution is 0.0254. The van der Waals surface area contributed by atoms with E-state index in [0.29, 0.717) is 35.7 Å². The predicted octanol–water partition coefficient (Wildman–Crippen LogP) is 4.50. The third kappa shape index (κ3) is 5.75. The average Bonchev–Trinajstić information content (AvgIpc) is 3.64. The molecule has 0 bridgehead atoms. The smallest absolute Gasteiger partial charge is 0.276 e. The number of hydrogen-bond acceptors (Lipinski definition) is 7. The molecule has 3 aromatic heterocycles. The Hall–Kier alpha value is -4.31. The van der Waals surface area contributed by atoms with Crippen LogP contribution in [-0.2, 0) is 4.74 Å². The summed E-state index contributed by atoms with van der Waals surface area (Å²) in [5.74, 6) is 0.137. The summed E-state index contributed by atoms with van der Waals surface area (Å²) in [4.78, 5) is 34.2. The third-order valence-corrected chi connectivity index (χ3v) is 7.24. The first-order valence-electron chi connectivity index (χ1n) is 13.4. The minimum atomic E-state index is -0.377. The van der Waals surface area contributed by atoms with E-state index in [-0.39, 0.29) is 29.7 Å². The van der Waals surface area contributed by atoms with Gasteiger partial charge in [0.25, 0.3) is 11.8 Å². The molecule has 1 saturated heterocycles. The van der Waals surface area contributed by atoms with Crippen LogP contribution in [0.5, 0.6) is 5.75 Å². The van der Waals surface area contributed by atoms with Crippen molar-refractivity contribution in [1.82, 2.24) is 25.5 Å². The molecule has 4 heterocycles. The Morgan fingerprint density at radius 2 is 1.77 bits per heavy atom. The fraction of sp³-hybridized carbons (Fsp3) is 0.345. The zero-order valence-electron chi connectivity index (χ0n) is 21.5. The number of nitrogens with zero attached hydrogens (tertiary/aromatic N) is 3. The highest BCUT2D eigenvalue weighted by Gasteiger charge is 2.20. The second-order valence-corrected chi connectivity index (χ2v) is 10.0. The number of carbonyl (C=O) groups is 2. The highest BCUT2D eigenvalue weighted by molar-refractivity contribution is 6.11. The van der Waals surface area contributed by atoms with Gasteiger partial charge in [0.2, 0.25) is 0 Å². The first kappa shape index (κ1) is 25.0. The largest absolute Gasteiger partial charge is 0.489 e. The van der Waals surface area contributed by atoms with Crippen molar-refractivity contribution in [1.29, 1.82) is 0 Å². The van der Waals surface area contributed by atoms with Gasteiger partial charge in [-0.15, -0.1) is 0 Å². The fourth-order valence-corrected chi connectivity index (χ4v) is 5.12. The van der Waals surface area contributed by atoms with Crippen molar-refractivity contribution in [3.8, 4) is 16.9 Å². The number of benzene rings is 1. The first-order chi connectivity index (χ1) is 19.1. The van der Waals surface area contributed by atoms with Gasteiger partial charge < -0.3 is 20.1 Å². The maximum absolute atomic E-state index is 13.1. The maximum atomic E-state index is 13.1. The molecule has 2 fully saturated rings. The molecule has 0 unspecified atom stereocenters. The van der Waals surface area contributed by atoms with Crippen molar-refractivity contribution in [2.75, 3.05) is 18.5 Å². The average molecular weight is 527 g/mol. The van der Waals surface area contributed by atoms with Gasteiger partial charge in [-0.2, -0.15) is 5.10 Å². The number of carbonyl (C=O) groups excluding carboxylic acids is 2. The molecule has 1 saturated carbocycles. The van der Waals surface area contributed by atoms with Gasteiger partial charge >= 0.3 is 0 Å². The fourth-order valence-electron chi connectivity index (χ4n) is 5.12. The molecule has 39 heavy (non-hydrogen) atoms. The number of aromatic nitrogens is 4. The lowest BCUT2D eigenvalue weighted by Gasteiger charge is -2.23. The zero-order chi connectivity index (χ0) is 26.6. The molecule has 0 radical (unpaired) electrons. The summed E-state index contributed by atoms with van der Waals surface area (Å²) in [6.45, 7) is 1.41. The summed E-state index contributed by atoms with van der Waals surface area (Å²) >= 11 is 0. The molecule has 0 spiro atoms. The Morgan fingerprint density at radius 3 is 2.56 bits per heavy atom. The van der Waals surface area contributed by atoms with Gasteiger partial charge in [0.15, 0.2) is 5.69 Å². The topological polar surface area (TPSA) is 131 Å². The van der Waals surface area contributed by atoms with Gasteiger partial charge in [0, 0.05) is 36.0 Å². The summed E-state index contributed by atoms with van der Waals surface area (Å²) in [7, 11) is 0. The monoisotopic (exact) mass is 526 g/mol. The highest BCUT2D eigenvalue weighted by Crippen LogP contribution is 2.28. The van der Waals surface area contributed by atoms with Crippen LogP contribution < -0.4 is 15.4 Å². The van der Waals surface area contributed by atoms with Crippen molar-refractivity contribution in [3.63, 3.8) is 0 Å². The summed E-state index contributed by atoms with van der Waals surface area (Å²) in [6, 6.07) is 11.2. The van der Waals surface area contributed by atoms with E-state index in [1.807, 2.05) is 24.3 Å². The second-order valence-electron chi connectivity index (χ2n) is 10.0. The Kier molecular flexibility index (Phi) is 7.18. The normalized spacial score (nSPS) is 16.3. The quantitative estimate of drug-likeness (QED) is 0.323. The van der Waals surface area contributed by atoms with Crippen LogP contribution in [0.4, 0.5) is 5.69 Å². The molecule has 1 aromatic carbocycles. The summed E-state index contributed by atoms with van der Waals surface area (Å²) in [5.41, 5.74) is 3.58. The number of H-pyrrole nitrogens is 1. The number of amides is 2. The molecule has 1 aliphatic heterocycles. The molecule has 10 nitrogen and oxygen atoms in total. The minimum Gasteiger partial charge on any atom is -0.489 e. The van der Waals surface area contributed by atoms with Crippen LogP contribution in [0.25, 0.3) is 22.0 Å². The van der Waals surface area contributed by atoms with E-state index in [9.17, 15) is 9.59 Å². The number of fused-ring (bicyclic) bond motifs is 1. The van der Waals surface area contributed by atoms with E-state index < -0.39 is 0 Å². The molecule has 4 aromatic rings. The molecule has 2 amide bonds. The number of pyridine rings is 2. The number of ether oxygens (including phenoxy) is 2. The van der Waals surface area contributed by atoms with Crippen LogP contribution >= 0.6 is 0 Å². The molecule has 6 rings (SSSR count). The molecular formula is C29H30N6O4. The van der Waals surface area contributed by atoms with Crippen LogP contribution in [0, 0.1) is 0 Å². The Morgan fingerprint density at radius 1 is 0.923 bits per heavy atom. The van der Waals surface area contributed by atoms with Crippen molar-refractivity contribution in [2.24, 2.45) is 0 Å². The van der Waals surface area contributed by atoms with Crippen molar-refractivity contribution in [2.45, 2.75) is 50.7 Å². The summed E-state index contributed by atoms with van der Waals surface area (Å²) in [5, 5.41) is 13.7. The van der Waals surface area contributed by atoms with Gasteiger partial charge in [-0.3, -0.25) is 19.7 Å². The molecule has 0 atom stereocenters. The van der Waals surface area contributed by atoms with Gasteiger partial charge in [-0.05, 0) is 48.7 Å². The van der Waals surface area contributed by atoms with Crippen LogP contribution in [-0.4, -0.2) is 57.3 Å². The van der Waals surface area contributed by atoms with Crippen LogP contribution in [0.2, 0.25) is 0 Å². The lowest BCUT2D eigenvalue weighted by atomic mass is 10.0. The summed E-state index contributed by atoms with van der Waals surface area (Å²) in [6.07, 6.45) is 11.1. The zero-order valence-corrected chi connectivity index (χ0v) is 21.5. The van der Waals surface area contributed by atoms with E-state index in [0.717, 1.165) is 55.2 Å². The maximum Gasteiger partial charge on any atom is 0.276 e. The molecular weight excluding hydrogens is 496 g/mol. The Labute approximate surface area is 225 Å². The van der Waals surface area contributed by atoms with Gasteiger partial charge in [-0.1, -0.05) is 18.9 Å². The van der Waals surface area contributed by atoms with E-state index in [1.165, 1.54) is 6.20 Å². The minimum absolute atomic E-state index is 0.118. The summed E-state index contributed by atoms with van der Waals surface area (Å²) < 4.78 is 11.5. The third-order valence-electron chi connectivity index (χ3n) is 7.24. The Bertz CT molecular complexity index is 1470. The number of rotatable bonds is 7. The van der Waals surface area contributed by atoms with E-state index >= 15 is 0 Å². The molecule has 10 heteroatoms. The van der Waals surface area contributed by atoms with E-state index in [1.54, 1.807) is 24.5 Å². The first-order valence-corrected chi connectivity index (χ1v) is 13.4. The molecule has 200 valence electrons. The van der Waals surface area contributed by atoms with Gasteiger partial charge in [-0.25, -0.2) is 4.98 Å². The van der Waals surface area contributed by atoms with E-state index in [2.05, 4.69) is 30.8 Å². The van der Waals surface area contributed by atoms with Crippen LogP contribution in [0.15, 0.2) is 55.0 Å². The molecule has 1 aliphatic carbocycles. The van der Waals surface area contributed by atoms with Crippen molar-refractivity contribution < 1.29 is 19.1 Å². The number of aromatic amines is 1. The van der Waals surface area contributed by atoms with E-state index in [4.69, 9.17) is 9.47 Å². The van der Waals surface area contributed by atoms with Crippen molar-refractivity contribution in [3.05, 3.63) is 66.4 Å². The van der Waals surface area contributed by atoms with Gasteiger partial charge in [0.05, 0.1) is 36.8 Å². The van der Waals surface area contributed by atoms with Crippen molar-refractivity contribution >= 4 is 28.4 Å². The predicted molar refractivity (Wildman–Crippen MR) is 146 cm³/mol. The second kappa shape index (κ2) is 11.2. The van der Waals surface area contributed by atoms with Crippen LogP contribution in [0.3, 0.4) is 0 Å². The van der Waals surface area contributed by atoms with Gasteiger partial charge in [0.1, 0.15) is 17.5 Å². The van der Waals surface area contributed by atoms with Crippen LogP contribution in [0.1, 0.15) is 59.5 Å². The lowest BCUT2D eigenvalue weighted by Crippen LogP contribution is -2.33. The number of nitrogens with one attached hydrogen (secondary N) is 3. The molecule has 2 aliphatic rings. The number of anilines is 1.